The Morgan fingerprint density at radius 2 is 1.53 bits per heavy atom. The Hall–Kier alpha value is -1.64. The molecular formula is C14H18O3. The van der Waals surface area contributed by atoms with Crippen LogP contribution in [0.2, 0.25) is 0 Å². The first-order valence-corrected chi connectivity index (χ1v) is 5.56. The molecule has 0 N–H and O–H groups in total. The van der Waals surface area contributed by atoms with Gasteiger partial charge in [-0.25, -0.2) is 0 Å². The standard InChI is InChI=1S/C14H18O3/c1-8-6-9(2)11(4)14(10(8)3)12(15)7-13(16)17-5/h6H,7H2,1-5H3. The summed E-state index contributed by atoms with van der Waals surface area (Å²) in [5.41, 5.74) is 4.69. The normalized spacial score (nSPS) is 10.2. The Kier molecular flexibility index (Phi) is 4.05. The van der Waals surface area contributed by atoms with E-state index in [0.29, 0.717) is 5.56 Å². The molecule has 1 aromatic rings. The molecule has 0 aromatic heterocycles. The van der Waals surface area contributed by atoms with Gasteiger partial charge in [0.25, 0.3) is 0 Å². The lowest BCUT2D eigenvalue weighted by Crippen LogP contribution is -2.13. The van der Waals surface area contributed by atoms with Gasteiger partial charge in [0.1, 0.15) is 6.42 Å². The quantitative estimate of drug-likeness (QED) is 0.459. The zero-order valence-corrected chi connectivity index (χ0v) is 11.0. The first kappa shape index (κ1) is 13.4. The molecule has 0 saturated heterocycles. The third-order valence-electron chi connectivity index (χ3n) is 3.18. The van der Waals surface area contributed by atoms with E-state index in [2.05, 4.69) is 10.8 Å². The molecule has 92 valence electrons. The predicted molar refractivity (Wildman–Crippen MR) is 66.4 cm³/mol. The summed E-state index contributed by atoms with van der Waals surface area (Å²) in [6, 6.07) is 2.06. The highest BCUT2D eigenvalue weighted by molar-refractivity contribution is 6.07. The topological polar surface area (TPSA) is 43.4 Å². The number of rotatable bonds is 3. The van der Waals surface area contributed by atoms with Crippen molar-refractivity contribution in [1.29, 1.82) is 0 Å². The number of ether oxygens (including phenoxy) is 1. The molecule has 1 aromatic carbocycles. The first-order chi connectivity index (χ1) is 7.88. The van der Waals surface area contributed by atoms with E-state index in [1.807, 2.05) is 27.7 Å². The van der Waals surface area contributed by atoms with Gasteiger partial charge in [0.05, 0.1) is 7.11 Å². The summed E-state index contributed by atoms with van der Waals surface area (Å²) in [7, 11) is 1.29. The largest absolute Gasteiger partial charge is 0.469 e. The lowest BCUT2D eigenvalue weighted by atomic mass is 9.91. The summed E-state index contributed by atoms with van der Waals surface area (Å²) < 4.78 is 4.52. The molecular weight excluding hydrogens is 216 g/mol. The minimum absolute atomic E-state index is 0.168. The molecule has 0 aliphatic carbocycles. The average Bonchev–Trinajstić information content (AvgIpc) is 2.26. The molecule has 0 amide bonds. The van der Waals surface area contributed by atoms with E-state index in [-0.39, 0.29) is 12.2 Å². The van der Waals surface area contributed by atoms with Crippen molar-refractivity contribution in [2.75, 3.05) is 7.11 Å². The molecule has 0 unspecified atom stereocenters. The van der Waals surface area contributed by atoms with Gasteiger partial charge in [0, 0.05) is 5.56 Å². The van der Waals surface area contributed by atoms with Crippen molar-refractivity contribution in [2.24, 2.45) is 0 Å². The van der Waals surface area contributed by atoms with Gasteiger partial charge in [0.2, 0.25) is 0 Å². The fourth-order valence-corrected chi connectivity index (χ4v) is 1.93. The number of hydrogen-bond acceptors (Lipinski definition) is 3. The second kappa shape index (κ2) is 5.13. The molecule has 0 heterocycles. The fraction of sp³-hybridized carbons (Fsp3) is 0.429. The summed E-state index contributed by atoms with van der Waals surface area (Å²) in [6.07, 6.45) is -0.193. The van der Waals surface area contributed by atoms with Crippen molar-refractivity contribution in [3.05, 3.63) is 33.9 Å². The number of methoxy groups -OCH3 is 1. The van der Waals surface area contributed by atoms with Crippen LogP contribution in [0.3, 0.4) is 0 Å². The van der Waals surface area contributed by atoms with E-state index >= 15 is 0 Å². The van der Waals surface area contributed by atoms with Crippen LogP contribution in [-0.4, -0.2) is 18.9 Å². The van der Waals surface area contributed by atoms with Gasteiger partial charge in [0.15, 0.2) is 5.78 Å². The summed E-state index contributed by atoms with van der Waals surface area (Å²) in [6.45, 7) is 7.76. The van der Waals surface area contributed by atoms with Crippen LogP contribution in [0.5, 0.6) is 0 Å². The maximum atomic E-state index is 12.1. The lowest BCUT2D eigenvalue weighted by molar-refractivity contribution is -0.139. The number of hydrogen-bond donors (Lipinski definition) is 0. The lowest BCUT2D eigenvalue weighted by Gasteiger charge is -2.13. The summed E-state index contributed by atoms with van der Waals surface area (Å²) in [4.78, 5) is 23.2. The minimum Gasteiger partial charge on any atom is -0.469 e. The van der Waals surface area contributed by atoms with E-state index in [4.69, 9.17) is 0 Å². The molecule has 0 aliphatic heterocycles. The maximum Gasteiger partial charge on any atom is 0.313 e. The molecule has 0 aliphatic rings. The van der Waals surface area contributed by atoms with E-state index < -0.39 is 5.97 Å². The van der Waals surface area contributed by atoms with Gasteiger partial charge >= 0.3 is 5.97 Å². The van der Waals surface area contributed by atoms with Crippen LogP contribution < -0.4 is 0 Å². The monoisotopic (exact) mass is 234 g/mol. The highest BCUT2D eigenvalue weighted by Gasteiger charge is 2.18. The van der Waals surface area contributed by atoms with Crippen molar-refractivity contribution in [1.82, 2.24) is 0 Å². The number of aryl methyl sites for hydroxylation is 2. The predicted octanol–water partition coefficient (Wildman–Crippen LogP) is 2.67. The average molecular weight is 234 g/mol. The Labute approximate surface area is 102 Å². The van der Waals surface area contributed by atoms with E-state index in [1.165, 1.54) is 7.11 Å². The van der Waals surface area contributed by atoms with Gasteiger partial charge in [-0.1, -0.05) is 6.07 Å². The first-order valence-electron chi connectivity index (χ1n) is 5.56. The van der Waals surface area contributed by atoms with Crippen LogP contribution in [-0.2, 0) is 9.53 Å². The number of benzene rings is 1. The van der Waals surface area contributed by atoms with Crippen LogP contribution in [0.4, 0.5) is 0 Å². The maximum absolute atomic E-state index is 12.1. The Morgan fingerprint density at radius 1 is 1.06 bits per heavy atom. The van der Waals surface area contributed by atoms with E-state index in [1.54, 1.807) is 0 Å². The minimum atomic E-state index is -0.493. The molecule has 0 fully saturated rings. The Balaban J connectivity index is 3.21. The molecule has 0 bridgehead atoms. The van der Waals surface area contributed by atoms with E-state index in [0.717, 1.165) is 22.3 Å². The van der Waals surface area contributed by atoms with Gasteiger partial charge in [-0.3, -0.25) is 9.59 Å². The smallest absolute Gasteiger partial charge is 0.313 e. The van der Waals surface area contributed by atoms with Crippen LogP contribution >= 0.6 is 0 Å². The highest BCUT2D eigenvalue weighted by Crippen LogP contribution is 2.23. The second-order valence-electron chi connectivity index (χ2n) is 4.31. The molecule has 0 saturated carbocycles. The Morgan fingerprint density at radius 3 is 1.94 bits per heavy atom. The summed E-state index contributed by atoms with van der Waals surface area (Å²) in [5.74, 6) is -0.661. The van der Waals surface area contributed by atoms with E-state index in [9.17, 15) is 9.59 Å². The molecule has 1 rings (SSSR count). The van der Waals surface area contributed by atoms with Gasteiger partial charge in [-0.2, -0.15) is 0 Å². The third kappa shape index (κ3) is 2.73. The highest BCUT2D eigenvalue weighted by atomic mass is 16.5. The molecule has 3 nitrogen and oxygen atoms in total. The van der Waals surface area contributed by atoms with Gasteiger partial charge in [-0.05, 0) is 49.9 Å². The van der Waals surface area contributed by atoms with Crippen LogP contribution in [0.25, 0.3) is 0 Å². The van der Waals surface area contributed by atoms with Crippen LogP contribution in [0.15, 0.2) is 6.07 Å². The van der Waals surface area contributed by atoms with Crippen molar-refractivity contribution in [3.63, 3.8) is 0 Å². The van der Waals surface area contributed by atoms with Gasteiger partial charge in [-0.15, -0.1) is 0 Å². The van der Waals surface area contributed by atoms with Crippen molar-refractivity contribution >= 4 is 11.8 Å². The van der Waals surface area contributed by atoms with Gasteiger partial charge < -0.3 is 4.74 Å². The van der Waals surface area contributed by atoms with Crippen molar-refractivity contribution in [2.45, 2.75) is 34.1 Å². The van der Waals surface area contributed by atoms with Crippen molar-refractivity contribution < 1.29 is 14.3 Å². The molecule has 0 radical (unpaired) electrons. The Bertz CT molecular complexity index is 447. The molecule has 0 spiro atoms. The number of carbonyl (C=O) groups excluding carboxylic acids is 2. The van der Waals surface area contributed by atoms with Crippen LogP contribution in [0.1, 0.15) is 39.0 Å². The zero-order valence-electron chi connectivity index (χ0n) is 11.0. The number of carbonyl (C=O) groups is 2. The van der Waals surface area contributed by atoms with Crippen LogP contribution in [0, 0.1) is 27.7 Å². The zero-order chi connectivity index (χ0) is 13.2. The molecule has 0 atom stereocenters. The second-order valence-corrected chi connectivity index (χ2v) is 4.31. The summed E-state index contributed by atoms with van der Waals surface area (Å²) in [5, 5.41) is 0. The number of esters is 1. The molecule has 17 heavy (non-hydrogen) atoms. The SMILES string of the molecule is COC(=O)CC(=O)c1c(C)c(C)cc(C)c1C. The summed E-state index contributed by atoms with van der Waals surface area (Å²) >= 11 is 0. The third-order valence-corrected chi connectivity index (χ3v) is 3.18. The fourth-order valence-electron chi connectivity index (χ4n) is 1.93. The van der Waals surface area contributed by atoms with Crippen molar-refractivity contribution in [3.8, 4) is 0 Å². The number of Topliss-reactive ketones (excluding diaryl/α,β-unsaturated/α-hetero) is 1. The molecule has 3 heteroatoms. The number of ketones is 1.